The molecule has 2 aromatic carbocycles. The minimum atomic E-state index is 0.464. The Balaban J connectivity index is 1.71. The van der Waals surface area contributed by atoms with E-state index < -0.39 is 0 Å². The topological polar surface area (TPSA) is 72.0 Å². The maximum atomic E-state index is 5.36. The Morgan fingerprint density at radius 3 is 2.56 bits per heavy atom. The summed E-state index contributed by atoms with van der Waals surface area (Å²) in [5.41, 5.74) is 3.25. The van der Waals surface area contributed by atoms with Gasteiger partial charge in [-0.3, -0.25) is 0 Å². The van der Waals surface area contributed by atoms with Crippen molar-refractivity contribution in [2.24, 2.45) is 0 Å². The zero-order valence-corrected chi connectivity index (χ0v) is 14.4. The molecule has 1 heterocycles. The summed E-state index contributed by atoms with van der Waals surface area (Å²) in [7, 11) is 1.66. The van der Waals surface area contributed by atoms with E-state index in [1.54, 1.807) is 13.3 Å². The highest BCUT2D eigenvalue weighted by Gasteiger charge is 2.06. The first-order valence-corrected chi connectivity index (χ1v) is 8.20. The van der Waals surface area contributed by atoms with E-state index >= 15 is 0 Å². The molecule has 0 saturated carbocycles. The largest absolute Gasteiger partial charge is 0.496 e. The first kappa shape index (κ1) is 16.7. The van der Waals surface area contributed by atoms with E-state index in [4.69, 9.17) is 4.74 Å². The van der Waals surface area contributed by atoms with Crippen LogP contribution in [0.15, 0.2) is 54.7 Å². The van der Waals surface area contributed by atoms with Gasteiger partial charge in [0, 0.05) is 17.8 Å². The molecule has 6 heteroatoms. The number of nitrogens with zero attached hydrogens (tertiary/aromatic N) is 3. The fourth-order valence-electron chi connectivity index (χ4n) is 2.55. The second kappa shape index (κ2) is 8.10. The second-order valence-electron chi connectivity index (χ2n) is 5.47. The smallest absolute Gasteiger partial charge is 0.249 e. The third kappa shape index (κ3) is 4.23. The molecule has 0 unspecified atom stereocenters. The van der Waals surface area contributed by atoms with Crippen molar-refractivity contribution in [1.29, 1.82) is 0 Å². The Labute approximate surface area is 147 Å². The lowest BCUT2D eigenvalue weighted by molar-refractivity contribution is 0.410. The molecule has 2 N–H and O–H groups in total. The van der Waals surface area contributed by atoms with Crippen LogP contribution in [0.25, 0.3) is 0 Å². The number of hydrogen-bond donors (Lipinski definition) is 2. The third-order valence-electron chi connectivity index (χ3n) is 3.86. The fraction of sp³-hybridized carbons (Fsp3) is 0.211. The van der Waals surface area contributed by atoms with E-state index in [-0.39, 0.29) is 0 Å². The molecular formula is C19H21N5O. The number of hydrogen-bond acceptors (Lipinski definition) is 6. The Bertz CT molecular complexity index is 837. The fourth-order valence-corrected chi connectivity index (χ4v) is 2.55. The van der Waals surface area contributed by atoms with E-state index in [0.717, 1.165) is 23.4 Å². The van der Waals surface area contributed by atoms with Gasteiger partial charge < -0.3 is 15.4 Å². The third-order valence-corrected chi connectivity index (χ3v) is 3.86. The minimum absolute atomic E-state index is 0.464. The molecule has 1 aromatic heterocycles. The summed E-state index contributed by atoms with van der Waals surface area (Å²) >= 11 is 0. The minimum Gasteiger partial charge on any atom is -0.496 e. The van der Waals surface area contributed by atoms with Gasteiger partial charge in [0.1, 0.15) is 5.75 Å². The summed E-state index contributed by atoms with van der Waals surface area (Å²) in [4.78, 5) is 4.48. The van der Waals surface area contributed by atoms with Crippen LogP contribution in [0.4, 0.5) is 17.5 Å². The normalized spacial score (nSPS) is 10.3. The predicted octanol–water partition coefficient (Wildman–Crippen LogP) is 3.80. The molecule has 0 aliphatic rings. The average Bonchev–Trinajstić information content (AvgIpc) is 2.67. The maximum absolute atomic E-state index is 5.36. The van der Waals surface area contributed by atoms with E-state index in [0.29, 0.717) is 18.3 Å². The Morgan fingerprint density at radius 2 is 1.76 bits per heavy atom. The lowest BCUT2D eigenvalue weighted by Crippen LogP contribution is -2.07. The summed E-state index contributed by atoms with van der Waals surface area (Å²) in [6.07, 6.45) is 2.54. The summed E-state index contributed by atoms with van der Waals surface area (Å²) in [5.74, 6) is 1.95. The molecule has 6 nitrogen and oxygen atoms in total. The molecule has 0 aliphatic heterocycles. The SMILES string of the molecule is CCc1ccccc1Nc1nncc(NCc2ccccc2OC)n1. The van der Waals surface area contributed by atoms with Gasteiger partial charge in [-0.15, -0.1) is 5.10 Å². The number of para-hydroxylation sites is 2. The molecular weight excluding hydrogens is 314 g/mol. The first-order valence-electron chi connectivity index (χ1n) is 8.20. The molecule has 0 fully saturated rings. The number of nitrogens with one attached hydrogen (secondary N) is 2. The van der Waals surface area contributed by atoms with Gasteiger partial charge in [-0.2, -0.15) is 10.1 Å². The van der Waals surface area contributed by atoms with Gasteiger partial charge in [-0.25, -0.2) is 0 Å². The van der Waals surface area contributed by atoms with Crippen LogP contribution in [0.3, 0.4) is 0 Å². The average molecular weight is 335 g/mol. The maximum Gasteiger partial charge on any atom is 0.249 e. The van der Waals surface area contributed by atoms with Gasteiger partial charge >= 0.3 is 0 Å². The molecule has 3 aromatic rings. The van der Waals surface area contributed by atoms with Crippen LogP contribution < -0.4 is 15.4 Å². The summed E-state index contributed by atoms with van der Waals surface area (Å²) < 4.78 is 5.36. The highest BCUT2D eigenvalue weighted by molar-refractivity contribution is 5.59. The molecule has 25 heavy (non-hydrogen) atoms. The summed E-state index contributed by atoms with van der Waals surface area (Å²) in [5, 5.41) is 14.6. The zero-order chi connectivity index (χ0) is 17.5. The number of aryl methyl sites for hydroxylation is 1. The molecule has 0 aliphatic carbocycles. The predicted molar refractivity (Wildman–Crippen MR) is 99.3 cm³/mol. The summed E-state index contributed by atoms with van der Waals surface area (Å²) in [6.45, 7) is 2.71. The van der Waals surface area contributed by atoms with Crippen molar-refractivity contribution in [2.45, 2.75) is 19.9 Å². The van der Waals surface area contributed by atoms with Crippen molar-refractivity contribution in [3.05, 3.63) is 65.9 Å². The number of anilines is 3. The number of ether oxygens (including phenoxy) is 1. The Kier molecular flexibility index (Phi) is 5.41. The highest BCUT2D eigenvalue weighted by atomic mass is 16.5. The second-order valence-corrected chi connectivity index (χ2v) is 5.47. The van der Waals surface area contributed by atoms with Crippen LogP contribution in [0.1, 0.15) is 18.1 Å². The van der Waals surface area contributed by atoms with Crippen molar-refractivity contribution in [3.63, 3.8) is 0 Å². The molecule has 0 saturated heterocycles. The van der Waals surface area contributed by atoms with Crippen molar-refractivity contribution in [2.75, 3.05) is 17.7 Å². The van der Waals surface area contributed by atoms with Gasteiger partial charge in [-0.1, -0.05) is 43.3 Å². The van der Waals surface area contributed by atoms with E-state index in [9.17, 15) is 0 Å². The van der Waals surface area contributed by atoms with Crippen LogP contribution in [-0.4, -0.2) is 22.3 Å². The number of methoxy groups -OCH3 is 1. The lowest BCUT2D eigenvalue weighted by atomic mass is 10.1. The first-order chi connectivity index (χ1) is 12.3. The van der Waals surface area contributed by atoms with Gasteiger partial charge in [-0.05, 0) is 24.1 Å². The molecule has 0 spiro atoms. The van der Waals surface area contributed by atoms with Gasteiger partial charge in [0.25, 0.3) is 0 Å². The Hall–Kier alpha value is -3.15. The summed E-state index contributed by atoms with van der Waals surface area (Å²) in [6, 6.07) is 16.0. The molecule has 0 bridgehead atoms. The number of benzene rings is 2. The molecule has 0 atom stereocenters. The van der Waals surface area contributed by atoms with Crippen molar-refractivity contribution >= 4 is 17.5 Å². The van der Waals surface area contributed by atoms with Crippen LogP contribution in [0, 0.1) is 0 Å². The number of aromatic nitrogens is 3. The van der Waals surface area contributed by atoms with E-state index in [1.165, 1.54) is 5.56 Å². The van der Waals surface area contributed by atoms with Crippen LogP contribution in [0.2, 0.25) is 0 Å². The molecule has 0 radical (unpaired) electrons. The van der Waals surface area contributed by atoms with Gasteiger partial charge in [0.2, 0.25) is 5.95 Å². The number of rotatable bonds is 7. The van der Waals surface area contributed by atoms with Crippen molar-refractivity contribution in [3.8, 4) is 5.75 Å². The van der Waals surface area contributed by atoms with E-state index in [2.05, 4.69) is 38.8 Å². The zero-order valence-electron chi connectivity index (χ0n) is 14.4. The highest BCUT2D eigenvalue weighted by Crippen LogP contribution is 2.20. The monoisotopic (exact) mass is 335 g/mol. The molecule has 3 rings (SSSR count). The lowest BCUT2D eigenvalue weighted by Gasteiger charge is -2.11. The van der Waals surface area contributed by atoms with Gasteiger partial charge in [0.05, 0.1) is 13.3 Å². The van der Waals surface area contributed by atoms with Crippen molar-refractivity contribution in [1.82, 2.24) is 15.2 Å². The van der Waals surface area contributed by atoms with Crippen LogP contribution in [-0.2, 0) is 13.0 Å². The quantitative estimate of drug-likeness (QED) is 0.684. The van der Waals surface area contributed by atoms with Crippen LogP contribution >= 0.6 is 0 Å². The van der Waals surface area contributed by atoms with E-state index in [1.807, 2.05) is 42.5 Å². The standard InChI is InChI=1S/C19H21N5O/c1-3-14-8-4-6-10-16(14)22-19-23-18(13-21-24-19)20-12-15-9-5-7-11-17(15)25-2/h4-11,13H,3,12H2,1-2H3,(H2,20,22,23,24). The van der Waals surface area contributed by atoms with Gasteiger partial charge in [0.15, 0.2) is 5.82 Å². The van der Waals surface area contributed by atoms with Crippen LogP contribution in [0.5, 0.6) is 5.75 Å². The van der Waals surface area contributed by atoms with Crippen molar-refractivity contribution < 1.29 is 4.74 Å². The Morgan fingerprint density at radius 1 is 1.00 bits per heavy atom. The molecule has 128 valence electrons. The molecule has 0 amide bonds.